The monoisotopic (exact) mass is 270 g/mol. The maximum Gasteiger partial charge on any atom is 0.122 e. The van der Waals surface area contributed by atoms with Crippen LogP contribution in [0.5, 0.6) is 5.75 Å². The molecule has 0 spiro atoms. The first-order chi connectivity index (χ1) is 6.93. The molecular formula is C12H15BrO2. The molecule has 0 radical (unpaired) electrons. The predicted octanol–water partition coefficient (Wildman–Crippen LogP) is 2.84. The van der Waals surface area contributed by atoms with Crippen LogP contribution >= 0.6 is 15.9 Å². The topological polar surface area (TPSA) is 40.5 Å². The third-order valence-electron chi connectivity index (χ3n) is 3.15. The van der Waals surface area contributed by atoms with Gasteiger partial charge in [-0.3, -0.25) is 0 Å². The molecule has 1 aromatic carbocycles. The highest BCUT2D eigenvalue weighted by Crippen LogP contribution is 2.42. The van der Waals surface area contributed by atoms with E-state index in [1.54, 1.807) is 0 Å². The van der Waals surface area contributed by atoms with Crippen molar-refractivity contribution in [3.8, 4) is 5.75 Å². The molecule has 0 aliphatic heterocycles. The molecule has 15 heavy (non-hydrogen) atoms. The highest BCUT2D eigenvalue weighted by Gasteiger charge is 2.41. The summed E-state index contributed by atoms with van der Waals surface area (Å²) in [5.41, 5.74) is 2.20. The van der Waals surface area contributed by atoms with Crippen molar-refractivity contribution >= 4 is 15.9 Å². The van der Waals surface area contributed by atoms with Gasteiger partial charge in [0.05, 0.1) is 5.60 Å². The lowest BCUT2D eigenvalue weighted by molar-refractivity contribution is 0.149. The van der Waals surface area contributed by atoms with Gasteiger partial charge in [-0.25, -0.2) is 0 Å². The van der Waals surface area contributed by atoms with E-state index >= 15 is 0 Å². The van der Waals surface area contributed by atoms with Gasteiger partial charge in [-0.1, -0.05) is 15.9 Å². The Hall–Kier alpha value is -0.540. The molecule has 0 amide bonds. The minimum atomic E-state index is -0.560. The highest BCUT2D eigenvalue weighted by molar-refractivity contribution is 9.10. The molecule has 2 rings (SSSR count). The fourth-order valence-electron chi connectivity index (χ4n) is 1.79. The van der Waals surface area contributed by atoms with Gasteiger partial charge >= 0.3 is 0 Å². The van der Waals surface area contributed by atoms with Crippen LogP contribution in [0.25, 0.3) is 0 Å². The van der Waals surface area contributed by atoms with Crippen LogP contribution in [0.2, 0.25) is 0 Å². The molecule has 82 valence electrons. The second kappa shape index (κ2) is 3.49. The quantitative estimate of drug-likeness (QED) is 0.868. The summed E-state index contributed by atoms with van der Waals surface area (Å²) in [5.74, 6) is 0.330. The maximum absolute atomic E-state index is 9.96. The predicted molar refractivity (Wildman–Crippen MR) is 63.2 cm³/mol. The van der Waals surface area contributed by atoms with Crippen molar-refractivity contribution in [2.45, 2.75) is 38.7 Å². The highest BCUT2D eigenvalue weighted by atomic mass is 79.9. The van der Waals surface area contributed by atoms with Crippen LogP contribution in [-0.2, 0) is 6.42 Å². The second-order valence-electron chi connectivity index (χ2n) is 4.53. The first-order valence-corrected chi connectivity index (χ1v) is 5.92. The van der Waals surface area contributed by atoms with E-state index in [4.69, 9.17) is 0 Å². The first-order valence-electron chi connectivity index (χ1n) is 5.13. The van der Waals surface area contributed by atoms with E-state index in [2.05, 4.69) is 15.9 Å². The number of hydrogen-bond donors (Lipinski definition) is 2. The summed E-state index contributed by atoms with van der Waals surface area (Å²) in [4.78, 5) is 0. The number of aromatic hydroxyl groups is 1. The molecule has 1 fully saturated rings. The molecule has 0 atom stereocenters. The normalized spacial score (nSPS) is 17.9. The third-order valence-corrected chi connectivity index (χ3v) is 3.97. The molecule has 0 unspecified atom stereocenters. The average Bonchev–Trinajstić information content (AvgIpc) is 2.89. The van der Waals surface area contributed by atoms with Gasteiger partial charge < -0.3 is 10.2 Å². The number of benzene rings is 1. The van der Waals surface area contributed by atoms with Crippen LogP contribution in [0.4, 0.5) is 0 Å². The molecule has 1 aromatic rings. The van der Waals surface area contributed by atoms with Crippen LogP contribution in [0.15, 0.2) is 10.5 Å². The Kier molecular flexibility index (Phi) is 2.55. The van der Waals surface area contributed by atoms with E-state index in [0.717, 1.165) is 34.0 Å². The van der Waals surface area contributed by atoms with Crippen LogP contribution in [0.1, 0.15) is 29.5 Å². The summed E-state index contributed by atoms with van der Waals surface area (Å²) < 4.78 is 0.997. The van der Waals surface area contributed by atoms with E-state index < -0.39 is 5.60 Å². The number of halogens is 1. The van der Waals surface area contributed by atoms with Gasteiger partial charge in [-0.2, -0.15) is 0 Å². The summed E-state index contributed by atoms with van der Waals surface area (Å²) in [6.45, 7) is 3.84. The number of phenolic OH excluding ortho intramolecular Hbond substituents is 1. The van der Waals surface area contributed by atoms with Gasteiger partial charge in [-0.05, 0) is 43.9 Å². The smallest absolute Gasteiger partial charge is 0.122 e. The molecule has 0 heterocycles. The fraction of sp³-hybridized carbons (Fsp3) is 0.500. The average molecular weight is 271 g/mol. The van der Waals surface area contributed by atoms with Crippen molar-refractivity contribution in [3.63, 3.8) is 0 Å². The zero-order chi connectivity index (χ0) is 11.2. The molecule has 1 aliphatic rings. The Balaban J connectivity index is 2.44. The summed E-state index contributed by atoms with van der Waals surface area (Å²) in [6, 6.07) is 1.91. The van der Waals surface area contributed by atoms with Crippen molar-refractivity contribution in [2.75, 3.05) is 0 Å². The SMILES string of the molecule is Cc1cc(Br)c(C)c(CC2(O)CC2)c1O. The van der Waals surface area contributed by atoms with Crippen molar-refractivity contribution in [1.82, 2.24) is 0 Å². The Morgan fingerprint density at radius 3 is 2.53 bits per heavy atom. The fourth-order valence-corrected chi connectivity index (χ4v) is 2.38. The molecule has 0 aromatic heterocycles. The molecule has 0 bridgehead atoms. The van der Waals surface area contributed by atoms with Gasteiger partial charge in [0.2, 0.25) is 0 Å². The molecule has 3 heteroatoms. The van der Waals surface area contributed by atoms with Crippen molar-refractivity contribution in [1.29, 1.82) is 0 Å². The Morgan fingerprint density at radius 1 is 1.40 bits per heavy atom. The Morgan fingerprint density at radius 2 is 2.00 bits per heavy atom. The minimum Gasteiger partial charge on any atom is -0.507 e. The number of hydrogen-bond acceptors (Lipinski definition) is 2. The maximum atomic E-state index is 9.96. The standard InChI is InChI=1S/C12H15BrO2/c1-7-5-10(13)8(2)9(11(7)14)6-12(15)3-4-12/h5,14-15H,3-4,6H2,1-2H3. The van der Waals surface area contributed by atoms with Gasteiger partial charge in [0.25, 0.3) is 0 Å². The van der Waals surface area contributed by atoms with E-state index in [1.165, 1.54) is 0 Å². The van der Waals surface area contributed by atoms with Gasteiger partial charge in [0, 0.05) is 16.5 Å². The molecule has 0 saturated heterocycles. The number of rotatable bonds is 2. The summed E-state index contributed by atoms with van der Waals surface area (Å²) in [6.07, 6.45) is 2.25. The van der Waals surface area contributed by atoms with Gasteiger partial charge in [-0.15, -0.1) is 0 Å². The van der Waals surface area contributed by atoms with Crippen LogP contribution in [0, 0.1) is 13.8 Å². The van der Waals surface area contributed by atoms with E-state index in [-0.39, 0.29) is 0 Å². The molecule has 1 aliphatic carbocycles. The Labute approximate surface area is 98.1 Å². The lowest BCUT2D eigenvalue weighted by Gasteiger charge is -2.15. The Bertz CT molecular complexity index is 382. The number of phenols is 1. The lowest BCUT2D eigenvalue weighted by atomic mass is 9.97. The number of aliphatic hydroxyl groups is 1. The largest absolute Gasteiger partial charge is 0.507 e. The van der Waals surface area contributed by atoms with E-state index in [9.17, 15) is 10.2 Å². The molecule has 2 nitrogen and oxygen atoms in total. The summed E-state index contributed by atoms with van der Waals surface area (Å²) in [5, 5.41) is 19.8. The second-order valence-corrected chi connectivity index (χ2v) is 5.38. The molecular weight excluding hydrogens is 256 g/mol. The van der Waals surface area contributed by atoms with Crippen molar-refractivity contribution < 1.29 is 10.2 Å². The van der Waals surface area contributed by atoms with Crippen LogP contribution in [-0.4, -0.2) is 15.8 Å². The van der Waals surface area contributed by atoms with E-state index in [0.29, 0.717) is 12.2 Å². The van der Waals surface area contributed by atoms with Gasteiger partial charge in [0.15, 0.2) is 0 Å². The minimum absolute atomic E-state index is 0.330. The van der Waals surface area contributed by atoms with Crippen LogP contribution < -0.4 is 0 Å². The zero-order valence-electron chi connectivity index (χ0n) is 8.97. The van der Waals surface area contributed by atoms with Gasteiger partial charge in [0.1, 0.15) is 5.75 Å². The number of aryl methyl sites for hydroxylation is 1. The lowest BCUT2D eigenvalue weighted by Crippen LogP contribution is -2.12. The summed E-state index contributed by atoms with van der Waals surface area (Å²) >= 11 is 3.47. The van der Waals surface area contributed by atoms with Crippen molar-refractivity contribution in [2.24, 2.45) is 0 Å². The van der Waals surface area contributed by atoms with Crippen molar-refractivity contribution in [3.05, 3.63) is 27.2 Å². The zero-order valence-corrected chi connectivity index (χ0v) is 10.6. The summed E-state index contributed by atoms with van der Waals surface area (Å²) in [7, 11) is 0. The molecule has 2 N–H and O–H groups in total. The third kappa shape index (κ3) is 2.04. The first kappa shape index (κ1) is 11.0. The molecule has 1 saturated carbocycles. The van der Waals surface area contributed by atoms with E-state index in [1.807, 2.05) is 19.9 Å². The van der Waals surface area contributed by atoms with Crippen LogP contribution in [0.3, 0.4) is 0 Å².